The molecule has 94 valence electrons. The molecule has 17 heavy (non-hydrogen) atoms. The first-order valence-corrected chi connectivity index (χ1v) is 5.65. The number of methoxy groups -OCH3 is 1. The molecular weight excluding hydrogens is 216 g/mol. The summed E-state index contributed by atoms with van der Waals surface area (Å²) in [5.74, 6) is 0.873. The summed E-state index contributed by atoms with van der Waals surface area (Å²) >= 11 is 0. The highest BCUT2D eigenvalue weighted by molar-refractivity contribution is 5.78. The van der Waals surface area contributed by atoms with E-state index in [0.29, 0.717) is 13.0 Å². The van der Waals surface area contributed by atoms with Gasteiger partial charge in [0.15, 0.2) is 0 Å². The number of nitrogens with zero attached hydrogens (tertiary/aromatic N) is 1. The zero-order valence-corrected chi connectivity index (χ0v) is 10.6. The summed E-state index contributed by atoms with van der Waals surface area (Å²) in [6.07, 6.45) is 0.396. The maximum absolute atomic E-state index is 11.8. The minimum atomic E-state index is -0.000169. The van der Waals surface area contributed by atoms with Crippen LogP contribution in [0.25, 0.3) is 0 Å². The van der Waals surface area contributed by atoms with Gasteiger partial charge in [-0.1, -0.05) is 12.1 Å². The number of carbonyl (C=O) groups is 1. The average molecular weight is 236 g/mol. The number of nitrogens with two attached hydrogens (primary N) is 1. The Bertz CT molecular complexity index is 360. The van der Waals surface area contributed by atoms with Crippen molar-refractivity contribution in [2.75, 3.05) is 20.7 Å². The zero-order chi connectivity index (χ0) is 12.8. The summed E-state index contributed by atoms with van der Waals surface area (Å²) in [7, 11) is 3.39. The lowest BCUT2D eigenvalue weighted by molar-refractivity contribution is -0.129. The van der Waals surface area contributed by atoms with Gasteiger partial charge >= 0.3 is 0 Å². The Hall–Kier alpha value is -1.55. The lowest BCUT2D eigenvalue weighted by Crippen LogP contribution is -2.37. The van der Waals surface area contributed by atoms with Crippen LogP contribution in [0.4, 0.5) is 0 Å². The highest BCUT2D eigenvalue weighted by atomic mass is 16.5. The molecule has 0 bridgehead atoms. The molecule has 1 rings (SSSR count). The summed E-state index contributed by atoms with van der Waals surface area (Å²) in [6, 6.07) is 7.51. The van der Waals surface area contributed by atoms with Gasteiger partial charge in [0.05, 0.1) is 13.5 Å². The fourth-order valence-electron chi connectivity index (χ4n) is 1.59. The fraction of sp³-hybridized carbons (Fsp3) is 0.462. The van der Waals surface area contributed by atoms with Crippen molar-refractivity contribution >= 4 is 5.91 Å². The van der Waals surface area contributed by atoms with Crippen molar-refractivity contribution in [1.29, 1.82) is 0 Å². The number of ether oxygens (including phenoxy) is 1. The number of benzene rings is 1. The number of likely N-dealkylation sites (N-methyl/N-ethyl adjacent to an activating group) is 1. The molecule has 0 fully saturated rings. The minimum Gasteiger partial charge on any atom is -0.497 e. The molecule has 0 aliphatic heterocycles. The second-order valence-corrected chi connectivity index (χ2v) is 4.28. The van der Waals surface area contributed by atoms with Gasteiger partial charge in [0.2, 0.25) is 5.91 Å². The monoisotopic (exact) mass is 236 g/mol. The van der Waals surface area contributed by atoms with Crippen LogP contribution < -0.4 is 10.5 Å². The SMILES string of the molecule is COc1ccc(CC(=O)N(C)CC(C)N)cc1. The van der Waals surface area contributed by atoms with E-state index in [-0.39, 0.29) is 11.9 Å². The lowest BCUT2D eigenvalue weighted by Gasteiger charge is -2.19. The molecule has 2 N–H and O–H groups in total. The van der Waals surface area contributed by atoms with Crippen molar-refractivity contribution in [1.82, 2.24) is 4.90 Å². The maximum Gasteiger partial charge on any atom is 0.226 e. The van der Waals surface area contributed by atoms with Gasteiger partial charge < -0.3 is 15.4 Å². The van der Waals surface area contributed by atoms with Crippen molar-refractivity contribution < 1.29 is 9.53 Å². The van der Waals surface area contributed by atoms with Crippen LogP contribution in [0.3, 0.4) is 0 Å². The molecule has 0 aliphatic carbocycles. The van der Waals surface area contributed by atoms with Gasteiger partial charge in [-0.05, 0) is 24.6 Å². The van der Waals surface area contributed by atoms with Gasteiger partial charge in [-0.25, -0.2) is 0 Å². The maximum atomic E-state index is 11.8. The van der Waals surface area contributed by atoms with Gasteiger partial charge in [-0.3, -0.25) is 4.79 Å². The van der Waals surface area contributed by atoms with E-state index in [2.05, 4.69) is 0 Å². The van der Waals surface area contributed by atoms with E-state index in [4.69, 9.17) is 10.5 Å². The van der Waals surface area contributed by atoms with Crippen molar-refractivity contribution in [3.05, 3.63) is 29.8 Å². The predicted molar refractivity (Wildman–Crippen MR) is 68.0 cm³/mol. The Morgan fingerprint density at radius 3 is 2.47 bits per heavy atom. The van der Waals surface area contributed by atoms with Gasteiger partial charge in [-0.15, -0.1) is 0 Å². The largest absolute Gasteiger partial charge is 0.497 e. The van der Waals surface area contributed by atoms with Crippen LogP contribution in [0.15, 0.2) is 24.3 Å². The third-order valence-corrected chi connectivity index (χ3v) is 2.50. The highest BCUT2D eigenvalue weighted by Crippen LogP contribution is 2.12. The summed E-state index contributed by atoms with van der Waals surface area (Å²) in [4.78, 5) is 13.5. The van der Waals surface area contributed by atoms with E-state index in [0.717, 1.165) is 11.3 Å². The van der Waals surface area contributed by atoms with Crippen LogP contribution in [-0.4, -0.2) is 37.6 Å². The third kappa shape index (κ3) is 4.44. The average Bonchev–Trinajstić information content (AvgIpc) is 2.29. The quantitative estimate of drug-likeness (QED) is 0.831. The number of hydrogen-bond donors (Lipinski definition) is 1. The molecule has 0 spiro atoms. The van der Waals surface area contributed by atoms with E-state index in [1.807, 2.05) is 31.2 Å². The fourth-order valence-corrected chi connectivity index (χ4v) is 1.59. The molecular formula is C13H20N2O2. The highest BCUT2D eigenvalue weighted by Gasteiger charge is 2.10. The molecule has 1 aromatic carbocycles. The number of amides is 1. The van der Waals surface area contributed by atoms with Gasteiger partial charge in [0, 0.05) is 19.6 Å². The van der Waals surface area contributed by atoms with Gasteiger partial charge in [0.25, 0.3) is 0 Å². The van der Waals surface area contributed by atoms with E-state index in [1.165, 1.54) is 0 Å². The predicted octanol–water partition coefficient (Wildman–Crippen LogP) is 1.04. The van der Waals surface area contributed by atoms with Gasteiger partial charge in [0.1, 0.15) is 5.75 Å². The minimum absolute atomic E-state index is 0.000169. The molecule has 0 radical (unpaired) electrons. The summed E-state index contributed by atoms with van der Waals surface area (Å²) in [6.45, 7) is 2.46. The van der Waals surface area contributed by atoms with Crippen LogP contribution in [-0.2, 0) is 11.2 Å². The van der Waals surface area contributed by atoms with Crippen LogP contribution in [0, 0.1) is 0 Å². The van der Waals surface area contributed by atoms with Crippen molar-refractivity contribution in [2.45, 2.75) is 19.4 Å². The standard InChI is InChI=1S/C13H20N2O2/c1-10(14)9-15(2)13(16)8-11-4-6-12(17-3)7-5-11/h4-7,10H,8-9,14H2,1-3H3. The Labute approximate surface area is 102 Å². The third-order valence-electron chi connectivity index (χ3n) is 2.50. The number of hydrogen-bond acceptors (Lipinski definition) is 3. The molecule has 1 amide bonds. The Morgan fingerprint density at radius 2 is 2.00 bits per heavy atom. The topological polar surface area (TPSA) is 55.6 Å². The zero-order valence-electron chi connectivity index (χ0n) is 10.6. The lowest BCUT2D eigenvalue weighted by atomic mass is 10.1. The van der Waals surface area contributed by atoms with Gasteiger partial charge in [-0.2, -0.15) is 0 Å². The molecule has 0 saturated carbocycles. The Morgan fingerprint density at radius 1 is 1.41 bits per heavy atom. The van der Waals surface area contributed by atoms with Crippen LogP contribution in [0.2, 0.25) is 0 Å². The summed E-state index contributed by atoms with van der Waals surface area (Å²) < 4.78 is 5.06. The molecule has 1 aromatic rings. The second kappa shape index (κ2) is 6.25. The first-order chi connectivity index (χ1) is 8.02. The van der Waals surface area contributed by atoms with E-state index >= 15 is 0 Å². The normalized spacial score (nSPS) is 12.0. The molecule has 0 aromatic heterocycles. The second-order valence-electron chi connectivity index (χ2n) is 4.28. The van der Waals surface area contributed by atoms with E-state index in [9.17, 15) is 4.79 Å². The van der Waals surface area contributed by atoms with E-state index in [1.54, 1.807) is 19.1 Å². The Balaban J connectivity index is 2.55. The molecule has 1 atom stereocenters. The van der Waals surface area contributed by atoms with Crippen molar-refractivity contribution in [2.24, 2.45) is 5.73 Å². The summed E-state index contributed by atoms with van der Waals surface area (Å²) in [5, 5.41) is 0. The van der Waals surface area contributed by atoms with Crippen LogP contribution in [0.5, 0.6) is 5.75 Å². The van der Waals surface area contributed by atoms with Crippen LogP contribution >= 0.6 is 0 Å². The van der Waals surface area contributed by atoms with Crippen molar-refractivity contribution in [3.63, 3.8) is 0 Å². The number of rotatable bonds is 5. The first kappa shape index (κ1) is 13.5. The molecule has 1 unspecified atom stereocenters. The molecule has 0 saturated heterocycles. The molecule has 4 nitrogen and oxygen atoms in total. The molecule has 0 aliphatic rings. The van der Waals surface area contributed by atoms with E-state index < -0.39 is 0 Å². The van der Waals surface area contributed by atoms with Crippen molar-refractivity contribution in [3.8, 4) is 5.75 Å². The first-order valence-electron chi connectivity index (χ1n) is 5.65. The molecule has 4 heteroatoms. The smallest absolute Gasteiger partial charge is 0.226 e. The van der Waals surface area contributed by atoms with Crippen LogP contribution in [0.1, 0.15) is 12.5 Å². The Kier molecular flexibility index (Phi) is 4.97. The molecule has 0 heterocycles. The number of carbonyl (C=O) groups excluding carboxylic acids is 1. The summed E-state index contributed by atoms with van der Waals surface area (Å²) in [5.41, 5.74) is 6.63.